The number of carbonyl (C=O) groups excluding carboxylic acids is 3. The van der Waals surface area contributed by atoms with Crippen LogP contribution >= 0.6 is 23.4 Å². The molecule has 1 saturated heterocycles. The number of amides is 3. The lowest BCUT2D eigenvalue weighted by atomic mass is 9.79. The summed E-state index contributed by atoms with van der Waals surface area (Å²) < 4.78 is 0. The number of imide groups is 1. The summed E-state index contributed by atoms with van der Waals surface area (Å²) in [5.41, 5.74) is 5.57. The first-order chi connectivity index (χ1) is 17.4. The molecule has 3 amide bonds. The van der Waals surface area contributed by atoms with Gasteiger partial charge in [0, 0.05) is 28.5 Å². The summed E-state index contributed by atoms with van der Waals surface area (Å²) in [6.45, 7) is 13.3. The molecule has 6 nitrogen and oxygen atoms in total. The molecule has 1 atom stereocenters. The van der Waals surface area contributed by atoms with Gasteiger partial charge in [0.15, 0.2) is 0 Å². The van der Waals surface area contributed by atoms with Crippen LogP contribution in [0.3, 0.4) is 0 Å². The van der Waals surface area contributed by atoms with Crippen LogP contribution < -0.4 is 10.2 Å². The fourth-order valence-electron chi connectivity index (χ4n) is 5.39. The minimum atomic E-state index is -0.484. The van der Waals surface area contributed by atoms with Crippen LogP contribution in [-0.4, -0.2) is 40.6 Å². The van der Waals surface area contributed by atoms with Crippen LogP contribution in [0.4, 0.5) is 16.2 Å². The van der Waals surface area contributed by atoms with Crippen molar-refractivity contribution in [1.29, 1.82) is 0 Å². The highest BCUT2D eigenvalue weighted by molar-refractivity contribution is 8.18. The number of anilines is 2. The third-order valence-corrected chi connectivity index (χ3v) is 8.39. The quantitative estimate of drug-likeness (QED) is 0.395. The first-order valence-electron chi connectivity index (χ1n) is 12.7. The predicted molar refractivity (Wildman–Crippen MR) is 153 cm³/mol. The highest BCUT2D eigenvalue weighted by Gasteiger charge is 2.38. The Labute approximate surface area is 228 Å². The normalized spacial score (nSPS) is 20.0. The molecule has 1 fully saturated rings. The van der Waals surface area contributed by atoms with E-state index in [1.54, 1.807) is 6.08 Å². The van der Waals surface area contributed by atoms with E-state index in [-0.39, 0.29) is 17.0 Å². The highest BCUT2D eigenvalue weighted by atomic mass is 35.5. The fourth-order valence-corrected chi connectivity index (χ4v) is 6.43. The summed E-state index contributed by atoms with van der Waals surface area (Å²) in [5.74, 6) is -0.575. The second kappa shape index (κ2) is 10.5. The molecule has 196 valence electrons. The van der Waals surface area contributed by atoms with E-state index in [0.717, 1.165) is 52.9 Å². The van der Waals surface area contributed by atoms with Crippen LogP contribution in [0.5, 0.6) is 0 Å². The van der Waals surface area contributed by atoms with E-state index in [9.17, 15) is 14.4 Å². The van der Waals surface area contributed by atoms with Gasteiger partial charge in [0.1, 0.15) is 6.54 Å². The van der Waals surface area contributed by atoms with E-state index >= 15 is 0 Å². The van der Waals surface area contributed by atoms with Gasteiger partial charge in [0.2, 0.25) is 5.91 Å². The number of thioether (sulfide) groups is 1. The van der Waals surface area contributed by atoms with Gasteiger partial charge in [-0.2, -0.15) is 0 Å². The largest absolute Gasteiger partial charge is 0.366 e. The maximum absolute atomic E-state index is 13.1. The van der Waals surface area contributed by atoms with Crippen LogP contribution in [0, 0.1) is 13.8 Å². The second-order valence-corrected chi connectivity index (χ2v) is 12.0. The summed E-state index contributed by atoms with van der Waals surface area (Å²) in [6.07, 6.45) is 3.71. The minimum Gasteiger partial charge on any atom is -0.366 e. The van der Waals surface area contributed by atoms with E-state index < -0.39 is 17.1 Å². The number of aryl methyl sites for hydroxylation is 2. The summed E-state index contributed by atoms with van der Waals surface area (Å²) in [5, 5.41) is 2.91. The van der Waals surface area contributed by atoms with Crippen LogP contribution in [0.2, 0.25) is 5.02 Å². The number of benzene rings is 2. The zero-order chi connectivity index (χ0) is 27.1. The second-order valence-electron chi connectivity index (χ2n) is 10.6. The van der Waals surface area contributed by atoms with Gasteiger partial charge in [-0.3, -0.25) is 19.3 Å². The van der Waals surface area contributed by atoms with Crippen molar-refractivity contribution in [2.45, 2.75) is 65.8 Å². The Balaban J connectivity index is 1.57. The first-order valence-corrected chi connectivity index (χ1v) is 13.8. The van der Waals surface area contributed by atoms with Crippen LogP contribution in [0.25, 0.3) is 6.08 Å². The lowest BCUT2D eigenvalue weighted by Gasteiger charge is -2.47. The van der Waals surface area contributed by atoms with Gasteiger partial charge in [-0.1, -0.05) is 43.6 Å². The third kappa shape index (κ3) is 5.43. The van der Waals surface area contributed by atoms with Crippen molar-refractivity contribution in [3.8, 4) is 0 Å². The first kappa shape index (κ1) is 27.3. The van der Waals surface area contributed by atoms with Crippen LogP contribution in [0.1, 0.15) is 68.7 Å². The molecule has 2 aliphatic heterocycles. The van der Waals surface area contributed by atoms with E-state index in [4.69, 9.17) is 11.6 Å². The number of nitrogens with one attached hydrogen (secondary N) is 1. The van der Waals surface area contributed by atoms with Crippen molar-refractivity contribution < 1.29 is 14.4 Å². The molecule has 0 aromatic heterocycles. The molecule has 0 saturated carbocycles. The summed E-state index contributed by atoms with van der Waals surface area (Å²) in [6, 6.07) is 9.74. The molecule has 37 heavy (non-hydrogen) atoms. The minimum absolute atomic E-state index is 0.0212. The van der Waals surface area contributed by atoms with E-state index in [0.29, 0.717) is 22.2 Å². The number of hydrogen-bond acceptors (Lipinski definition) is 5. The molecule has 1 unspecified atom stereocenters. The van der Waals surface area contributed by atoms with Gasteiger partial charge in [0.25, 0.3) is 11.1 Å². The van der Waals surface area contributed by atoms with Gasteiger partial charge in [-0.25, -0.2) is 0 Å². The summed E-state index contributed by atoms with van der Waals surface area (Å²) in [4.78, 5) is 42.2. The van der Waals surface area contributed by atoms with Crippen molar-refractivity contribution in [1.82, 2.24) is 4.90 Å². The van der Waals surface area contributed by atoms with Gasteiger partial charge < -0.3 is 10.2 Å². The fraction of sp³-hybridized carbons (Fsp3) is 0.414. The van der Waals surface area contributed by atoms with Gasteiger partial charge in [0.05, 0.1) is 4.91 Å². The van der Waals surface area contributed by atoms with Gasteiger partial charge in [-0.05, 0) is 98.7 Å². The predicted octanol–water partition coefficient (Wildman–Crippen LogP) is 7.13. The van der Waals surface area contributed by atoms with Crippen LogP contribution in [-0.2, 0) is 9.59 Å². The summed E-state index contributed by atoms with van der Waals surface area (Å²) >= 11 is 7.55. The molecule has 1 N–H and O–H groups in total. The average molecular weight is 540 g/mol. The van der Waals surface area contributed by atoms with E-state index in [1.165, 1.54) is 5.56 Å². The number of hydrogen-bond donors (Lipinski definition) is 1. The summed E-state index contributed by atoms with van der Waals surface area (Å²) in [7, 11) is 0. The average Bonchev–Trinajstić information content (AvgIpc) is 3.07. The van der Waals surface area contributed by atoms with Crippen LogP contribution in [0.15, 0.2) is 35.2 Å². The van der Waals surface area contributed by atoms with E-state index in [1.807, 2.05) is 44.2 Å². The smallest absolute Gasteiger partial charge is 0.294 e. The highest BCUT2D eigenvalue weighted by Crippen LogP contribution is 2.46. The Morgan fingerprint density at radius 2 is 1.89 bits per heavy atom. The van der Waals surface area contributed by atoms with Crippen molar-refractivity contribution in [3.63, 3.8) is 0 Å². The maximum Gasteiger partial charge on any atom is 0.294 e. The number of halogens is 1. The van der Waals surface area contributed by atoms with E-state index in [2.05, 4.69) is 37.9 Å². The van der Waals surface area contributed by atoms with Gasteiger partial charge in [-0.15, -0.1) is 0 Å². The molecular formula is C29H34ClN3O3S. The lowest BCUT2D eigenvalue weighted by Crippen LogP contribution is -2.48. The number of para-hydroxylation sites is 1. The molecule has 2 aliphatic rings. The van der Waals surface area contributed by atoms with Gasteiger partial charge >= 0.3 is 0 Å². The number of fused-ring (bicyclic) bond motifs is 1. The maximum atomic E-state index is 13.1. The van der Waals surface area contributed by atoms with Crippen molar-refractivity contribution in [2.24, 2.45) is 0 Å². The Morgan fingerprint density at radius 3 is 2.54 bits per heavy atom. The number of rotatable bonds is 6. The standard InChI is InChI=1S/C29H34ClN3O3S/c1-7-11-33-23-14-22(30)20(12-21(23)19(4)15-29(33,5)6)13-24-27(35)32(28(36)37-24)16-25(34)31-26-17(2)9-8-10-18(26)3/h8-10,12-14,19H,7,11,15-16H2,1-6H3,(H,31,34)/b24-13+. The molecule has 2 heterocycles. The molecule has 2 aromatic rings. The molecule has 0 aliphatic carbocycles. The topological polar surface area (TPSA) is 69.7 Å². The lowest BCUT2D eigenvalue weighted by molar-refractivity contribution is -0.127. The number of nitrogens with zero attached hydrogens (tertiary/aromatic N) is 2. The zero-order valence-electron chi connectivity index (χ0n) is 22.3. The molecule has 4 rings (SSSR count). The Kier molecular flexibility index (Phi) is 7.77. The van der Waals surface area contributed by atoms with Crippen molar-refractivity contribution >= 4 is 57.9 Å². The molecule has 0 spiro atoms. The molecule has 8 heteroatoms. The molecule has 2 aromatic carbocycles. The molecule has 0 bridgehead atoms. The zero-order valence-corrected chi connectivity index (χ0v) is 23.8. The van der Waals surface area contributed by atoms with Crippen molar-refractivity contribution in [3.05, 3.63) is 62.5 Å². The molecular weight excluding hydrogens is 506 g/mol. The Bertz CT molecular complexity index is 1280. The third-order valence-electron chi connectivity index (χ3n) is 7.16. The number of carbonyl (C=O) groups is 3. The monoisotopic (exact) mass is 539 g/mol. The SMILES string of the molecule is CCCN1c2cc(Cl)c(/C=C3/SC(=O)N(CC(=O)Nc4c(C)cccc4C)C3=O)cc2C(C)CC1(C)C. The Hall–Kier alpha value is -2.77. The van der Waals surface area contributed by atoms with Crippen molar-refractivity contribution in [2.75, 3.05) is 23.3 Å². The Morgan fingerprint density at radius 1 is 1.22 bits per heavy atom. The molecule has 0 radical (unpaired) electrons.